The lowest BCUT2D eigenvalue weighted by Gasteiger charge is -2.35. The number of aryl methyl sites for hydroxylation is 1. The van der Waals surface area contributed by atoms with Gasteiger partial charge in [-0.15, -0.1) is 0 Å². The highest BCUT2D eigenvalue weighted by atomic mass is 16.5. The topological polar surface area (TPSA) is 117 Å². The number of benzene rings is 3. The van der Waals surface area contributed by atoms with Crippen LogP contribution in [0.4, 0.5) is 17.2 Å². The third kappa shape index (κ3) is 6.06. The first kappa shape index (κ1) is 30.8. The number of carbonyl (C=O) groups excluding carboxylic acids is 2. The smallest absolute Gasteiger partial charge is 0.293 e. The first-order valence-electron chi connectivity index (χ1n) is 16.3. The molecule has 2 fully saturated rings. The minimum absolute atomic E-state index is 0.0255. The normalized spacial score (nSPS) is 19.4. The lowest BCUT2D eigenvalue weighted by molar-refractivity contribution is -0.0586. The number of nitrogens with one attached hydrogen (secondary N) is 1. The summed E-state index contributed by atoms with van der Waals surface area (Å²) in [5, 5.41) is 13.7. The molecule has 10 heteroatoms. The molecule has 7 rings (SSSR count). The van der Waals surface area contributed by atoms with Gasteiger partial charge in [-0.05, 0) is 86.6 Å². The van der Waals surface area contributed by atoms with Crippen molar-refractivity contribution in [3.05, 3.63) is 105 Å². The van der Waals surface area contributed by atoms with Gasteiger partial charge in [0.25, 0.3) is 17.4 Å². The second kappa shape index (κ2) is 12.4. The Morgan fingerprint density at radius 3 is 2.45 bits per heavy atom. The first-order valence-corrected chi connectivity index (χ1v) is 16.3. The largest absolute Gasteiger partial charge is 0.392 e. The number of nitrogens with zero attached hydrogens (tertiary/aromatic N) is 4. The van der Waals surface area contributed by atoms with Crippen molar-refractivity contribution in [2.24, 2.45) is 7.05 Å². The number of morpholine rings is 1. The van der Waals surface area contributed by atoms with Gasteiger partial charge in [-0.1, -0.05) is 24.3 Å². The number of aliphatic hydroxyl groups excluding tert-OH is 1. The molecule has 1 saturated heterocycles. The Morgan fingerprint density at radius 1 is 1.00 bits per heavy atom. The number of anilines is 3. The summed E-state index contributed by atoms with van der Waals surface area (Å²) < 4.78 is 7.20. The van der Waals surface area contributed by atoms with Crippen LogP contribution in [0.2, 0.25) is 0 Å². The van der Waals surface area contributed by atoms with Crippen molar-refractivity contribution in [2.75, 3.05) is 29.9 Å². The van der Waals surface area contributed by atoms with E-state index in [2.05, 4.69) is 22.4 Å². The molecule has 4 aromatic rings. The van der Waals surface area contributed by atoms with Crippen molar-refractivity contribution in [1.82, 2.24) is 14.5 Å². The fourth-order valence-electron chi connectivity index (χ4n) is 6.82. The molecule has 2 N–H and O–H groups in total. The Morgan fingerprint density at radius 2 is 1.74 bits per heavy atom. The summed E-state index contributed by atoms with van der Waals surface area (Å²) in [5.74, 6) is 0.570. The molecule has 2 aliphatic heterocycles. The van der Waals surface area contributed by atoms with E-state index in [1.165, 1.54) is 23.0 Å². The molecule has 1 aliphatic carbocycles. The Kier molecular flexibility index (Phi) is 8.15. The van der Waals surface area contributed by atoms with Crippen LogP contribution in [0.15, 0.2) is 71.7 Å². The summed E-state index contributed by atoms with van der Waals surface area (Å²) >= 11 is 0. The minimum Gasteiger partial charge on any atom is -0.392 e. The van der Waals surface area contributed by atoms with Crippen LogP contribution in [0, 0.1) is 0 Å². The Bertz CT molecular complexity index is 1910. The third-order valence-corrected chi connectivity index (χ3v) is 9.31. The minimum atomic E-state index is -0.333. The highest BCUT2D eigenvalue weighted by molar-refractivity contribution is 6.09. The van der Waals surface area contributed by atoms with E-state index in [1.54, 1.807) is 47.3 Å². The average Bonchev–Trinajstić information content (AvgIpc) is 3.92. The van der Waals surface area contributed by atoms with Crippen molar-refractivity contribution in [2.45, 2.75) is 57.8 Å². The average molecular weight is 634 g/mol. The van der Waals surface area contributed by atoms with Gasteiger partial charge in [-0.3, -0.25) is 14.4 Å². The van der Waals surface area contributed by atoms with Gasteiger partial charge in [0.1, 0.15) is 0 Å². The van der Waals surface area contributed by atoms with E-state index in [0.29, 0.717) is 64.9 Å². The molecule has 2 atom stereocenters. The van der Waals surface area contributed by atoms with E-state index >= 15 is 0 Å². The maximum Gasteiger partial charge on any atom is 0.293 e. The number of aliphatic hydroxyl groups is 1. The number of fused-ring (bicyclic) bond motifs is 1. The van der Waals surface area contributed by atoms with E-state index in [1.807, 2.05) is 38.1 Å². The fourth-order valence-corrected chi connectivity index (χ4v) is 6.82. The molecule has 1 aromatic heterocycles. The van der Waals surface area contributed by atoms with Crippen LogP contribution >= 0.6 is 0 Å². The van der Waals surface area contributed by atoms with E-state index in [9.17, 15) is 19.5 Å². The summed E-state index contributed by atoms with van der Waals surface area (Å²) in [6.07, 6.45) is 4.74. The summed E-state index contributed by atoms with van der Waals surface area (Å²) in [5.41, 5.74) is 6.20. The molecule has 0 radical (unpaired) electrons. The molecule has 10 nitrogen and oxygen atoms in total. The van der Waals surface area contributed by atoms with Crippen molar-refractivity contribution < 1.29 is 19.4 Å². The van der Waals surface area contributed by atoms with Crippen LogP contribution in [0.25, 0.3) is 11.3 Å². The molecule has 3 aromatic carbocycles. The second-order valence-corrected chi connectivity index (χ2v) is 12.9. The molecule has 2 unspecified atom stereocenters. The second-order valence-electron chi connectivity index (χ2n) is 12.9. The van der Waals surface area contributed by atoms with E-state index in [-0.39, 0.29) is 42.0 Å². The number of hydrogen-bond acceptors (Lipinski definition) is 7. The van der Waals surface area contributed by atoms with E-state index < -0.39 is 0 Å². The standard InChI is InChI=1S/C37H39N5O5/c1-22-18-41(19-23(2)47-22)35(44)25-9-12-28(13-10-25)38-34-37(46)40(3)20-32(39-34)30-5-4-6-33(31(30)21-43)42-16-15-27-17-26(24-7-8-24)11-14-29(27)36(42)45/h4-6,9-14,17,20,22-24,43H,7-8,15-16,18-19,21H2,1-3H3,(H,38,39). The number of amides is 2. The van der Waals surface area contributed by atoms with Crippen molar-refractivity contribution in [3.63, 3.8) is 0 Å². The van der Waals surface area contributed by atoms with Gasteiger partial charge >= 0.3 is 0 Å². The number of hydrogen-bond donors (Lipinski definition) is 2. The summed E-state index contributed by atoms with van der Waals surface area (Å²) in [7, 11) is 1.65. The van der Waals surface area contributed by atoms with Crippen molar-refractivity contribution >= 4 is 29.0 Å². The molecule has 0 spiro atoms. The van der Waals surface area contributed by atoms with Crippen LogP contribution in [-0.4, -0.2) is 63.2 Å². The third-order valence-electron chi connectivity index (χ3n) is 9.31. The molecule has 47 heavy (non-hydrogen) atoms. The van der Waals surface area contributed by atoms with Gasteiger partial charge in [0.2, 0.25) is 0 Å². The first-order chi connectivity index (χ1) is 22.7. The summed E-state index contributed by atoms with van der Waals surface area (Å²) in [4.78, 5) is 48.2. The SMILES string of the molecule is CC1CN(C(=O)c2ccc(Nc3nc(-c4cccc(N5CCc6cc(C7CC7)ccc6C5=O)c4CO)cn(C)c3=O)cc2)CC(C)O1. The lowest BCUT2D eigenvalue weighted by atomic mass is 9.93. The number of carbonyl (C=O) groups is 2. The van der Waals surface area contributed by atoms with Gasteiger partial charge in [0, 0.05) is 60.8 Å². The molecular weight excluding hydrogens is 594 g/mol. The predicted molar refractivity (Wildman–Crippen MR) is 180 cm³/mol. The maximum absolute atomic E-state index is 13.7. The molecule has 1 saturated carbocycles. The van der Waals surface area contributed by atoms with Crippen LogP contribution < -0.4 is 15.8 Å². The van der Waals surface area contributed by atoms with Gasteiger partial charge in [0.15, 0.2) is 5.82 Å². The highest BCUT2D eigenvalue weighted by Gasteiger charge is 2.31. The Balaban J connectivity index is 1.15. The zero-order valence-electron chi connectivity index (χ0n) is 26.9. The molecule has 3 aliphatic rings. The van der Waals surface area contributed by atoms with Crippen molar-refractivity contribution in [1.29, 1.82) is 0 Å². The zero-order valence-corrected chi connectivity index (χ0v) is 26.9. The summed E-state index contributed by atoms with van der Waals surface area (Å²) in [6.45, 7) is 5.18. The van der Waals surface area contributed by atoms with E-state index in [4.69, 9.17) is 4.74 Å². The number of ether oxygens (including phenoxy) is 1. The van der Waals surface area contributed by atoms with Gasteiger partial charge in [-0.2, -0.15) is 0 Å². The Hall–Kier alpha value is -4.80. The molecule has 242 valence electrons. The van der Waals surface area contributed by atoms with E-state index in [0.717, 1.165) is 12.0 Å². The van der Waals surface area contributed by atoms with Gasteiger partial charge in [0.05, 0.1) is 30.2 Å². The predicted octanol–water partition coefficient (Wildman–Crippen LogP) is 5.01. The number of aromatic nitrogens is 2. The van der Waals surface area contributed by atoms with Gasteiger partial charge < -0.3 is 29.5 Å². The number of rotatable bonds is 7. The van der Waals surface area contributed by atoms with Crippen LogP contribution in [-0.2, 0) is 24.8 Å². The molecule has 2 amide bonds. The maximum atomic E-state index is 13.7. The molecule has 3 heterocycles. The van der Waals surface area contributed by atoms with Crippen LogP contribution in [0.3, 0.4) is 0 Å². The monoisotopic (exact) mass is 633 g/mol. The quantitative estimate of drug-likeness (QED) is 0.294. The fraction of sp³-hybridized carbons (Fsp3) is 0.351. The summed E-state index contributed by atoms with van der Waals surface area (Å²) in [6, 6.07) is 18.7. The zero-order chi connectivity index (χ0) is 32.8. The van der Waals surface area contributed by atoms with Gasteiger partial charge in [-0.25, -0.2) is 4.98 Å². The van der Waals surface area contributed by atoms with Crippen molar-refractivity contribution in [3.8, 4) is 11.3 Å². The van der Waals surface area contributed by atoms with Crippen LogP contribution in [0.1, 0.15) is 70.0 Å². The van der Waals surface area contributed by atoms with Crippen LogP contribution in [0.5, 0.6) is 0 Å². The Labute approximate surface area is 273 Å². The lowest BCUT2D eigenvalue weighted by Crippen LogP contribution is -2.48. The highest BCUT2D eigenvalue weighted by Crippen LogP contribution is 2.41. The molecule has 0 bridgehead atoms. The molecular formula is C37H39N5O5.